The van der Waals surface area contributed by atoms with Crippen LogP contribution in [0, 0.1) is 0 Å². The van der Waals surface area contributed by atoms with E-state index in [1.54, 1.807) is 7.05 Å². The number of aromatic nitrogens is 1. The number of unbranched alkanes of at least 4 members (excludes halogenated alkanes) is 2. The van der Waals surface area contributed by atoms with Gasteiger partial charge in [0, 0.05) is 12.2 Å². The molecule has 5 heteroatoms. The van der Waals surface area contributed by atoms with Gasteiger partial charge in [0.15, 0.2) is 0 Å². The number of halogens is 3. The summed E-state index contributed by atoms with van der Waals surface area (Å²) in [7, 11) is 1.80. The van der Waals surface area contributed by atoms with Crippen LogP contribution in [-0.2, 0) is 6.18 Å². The molecule has 102 valence electrons. The lowest BCUT2D eigenvalue weighted by molar-refractivity contribution is -0.137. The van der Waals surface area contributed by atoms with Crippen molar-refractivity contribution in [2.24, 2.45) is 0 Å². The highest BCUT2D eigenvalue weighted by Crippen LogP contribution is 2.29. The van der Waals surface area contributed by atoms with Crippen molar-refractivity contribution in [1.82, 2.24) is 10.3 Å². The molecule has 1 N–H and O–H groups in total. The van der Waals surface area contributed by atoms with E-state index in [0.717, 1.165) is 37.9 Å². The molecule has 0 fully saturated rings. The van der Waals surface area contributed by atoms with Crippen LogP contribution < -0.4 is 5.32 Å². The van der Waals surface area contributed by atoms with Gasteiger partial charge in [-0.2, -0.15) is 13.2 Å². The first-order valence-electron chi connectivity index (χ1n) is 6.19. The molecular formula is C13H19F3N2. The Morgan fingerprint density at radius 1 is 1.28 bits per heavy atom. The Bertz CT molecular complexity index is 346. The van der Waals surface area contributed by atoms with Crippen LogP contribution in [-0.4, -0.2) is 12.0 Å². The van der Waals surface area contributed by atoms with Crippen LogP contribution in [0.1, 0.15) is 49.9 Å². The van der Waals surface area contributed by atoms with Crippen molar-refractivity contribution in [2.75, 3.05) is 7.05 Å². The molecule has 0 aliphatic carbocycles. The lowest BCUT2D eigenvalue weighted by Crippen LogP contribution is -2.18. The van der Waals surface area contributed by atoms with Crippen LogP contribution in [0.3, 0.4) is 0 Å². The summed E-state index contributed by atoms with van der Waals surface area (Å²) in [5.41, 5.74) is -0.0312. The number of hydrogen-bond acceptors (Lipinski definition) is 2. The van der Waals surface area contributed by atoms with Crippen LogP contribution in [0.2, 0.25) is 0 Å². The molecule has 0 spiro atoms. The zero-order chi connectivity index (χ0) is 13.6. The largest absolute Gasteiger partial charge is 0.417 e. The maximum absolute atomic E-state index is 12.4. The molecule has 1 unspecified atom stereocenters. The molecule has 2 nitrogen and oxygen atoms in total. The first-order chi connectivity index (χ1) is 8.49. The van der Waals surface area contributed by atoms with E-state index >= 15 is 0 Å². The van der Waals surface area contributed by atoms with Gasteiger partial charge in [-0.3, -0.25) is 4.98 Å². The fourth-order valence-electron chi connectivity index (χ4n) is 1.82. The summed E-state index contributed by atoms with van der Waals surface area (Å²) in [6, 6.07) is 2.57. The Labute approximate surface area is 106 Å². The maximum atomic E-state index is 12.4. The minimum Gasteiger partial charge on any atom is -0.312 e. The molecular weight excluding hydrogens is 241 g/mol. The summed E-state index contributed by atoms with van der Waals surface area (Å²) >= 11 is 0. The first kappa shape index (κ1) is 15.0. The molecule has 1 heterocycles. The van der Waals surface area contributed by atoms with Gasteiger partial charge in [0.2, 0.25) is 0 Å². The lowest BCUT2D eigenvalue weighted by atomic mass is 10.0. The Morgan fingerprint density at radius 3 is 2.44 bits per heavy atom. The van der Waals surface area contributed by atoms with Gasteiger partial charge in [0.1, 0.15) is 0 Å². The van der Waals surface area contributed by atoms with E-state index in [1.807, 2.05) is 0 Å². The minimum absolute atomic E-state index is 0.0267. The van der Waals surface area contributed by atoms with E-state index in [1.165, 1.54) is 6.07 Å². The third kappa shape index (κ3) is 4.29. The van der Waals surface area contributed by atoms with E-state index in [-0.39, 0.29) is 6.04 Å². The third-order valence-electron chi connectivity index (χ3n) is 2.92. The fraction of sp³-hybridized carbons (Fsp3) is 0.615. The van der Waals surface area contributed by atoms with Crippen molar-refractivity contribution >= 4 is 0 Å². The quantitative estimate of drug-likeness (QED) is 0.784. The molecule has 0 radical (unpaired) electrons. The zero-order valence-corrected chi connectivity index (χ0v) is 10.7. The monoisotopic (exact) mass is 260 g/mol. The molecule has 0 saturated carbocycles. The van der Waals surface area contributed by atoms with E-state index < -0.39 is 11.7 Å². The van der Waals surface area contributed by atoms with Crippen LogP contribution >= 0.6 is 0 Å². The highest BCUT2D eigenvalue weighted by Gasteiger charge is 2.30. The molecule has 18 heavy (non-hydrogen) atoms. The van der Waals surface area contributed by atoms with Crippen LogP contribution in [0.15, 0.2) is 18.3 Å². The molecule has 1 atom stereocenters. The third-order valence-corrected chi connectivity index (χ3v) is 2.92. The molecule has 1 aromatic heterocycles. The second-order valence-electron chi connectivity index (χ2n) is 4.31. The van der Waals surface area contributed by atoms with Gasteiger partial charge in [0.25, 0.3) is 0 Å². The number of nitrogens with one attached hydrogen (secondary N) is 1. The Hall–Kier alpha value is -1.10. The van der Waals surface area contributed by atoms with Gasteiger partial charge >= 0.3 is 6.18 Å². The van der Waals surface area contributed by atoms with Crippen molar-refractivity contribution in [3.8, 4) is 0 Å². The van der Waals surface area contributed by atoms with Gasteiger partial charge in [-0.05, 0) is 25.6 Å². The normalized spacial score (nSPS) is 13.6. The molecule has 0 amide bonds. The Morgan fingerprint density at radius 2 is 2.00 bits per heavy atom. The number of pyridine rings is 1. The average Bonchev–Trinajstić information content (AvgIpc) is 2.34. The number of nitrogens with zero attached hydrogens (tertiary/aromatic N) is 1. The second-order valence-corrected chi connectivity index (χ2v) is 4.31. The Balaban J connectivity index is 2.69. The minimum atomic E-state index is -4.32. The molecule has 0 aliphatic rings. The summed E-state index contributed by atoms with van der Waals surface area (Å²) in [5.74, 6) is 0. The molecule has 1 aromatic rings. The summed E-state index contributed by atoms with van der Waals surface area (Å²) in [5, 5.41) is 3.09. The highest BCUT2D eigenvalue weighted by molar-refractivity contribution is 5.18. The summed E-state index contributed by atoms with van der Waals surface area (Å²) < 4.78 is 37.2. The Kier molecular flexibility index (Phi) is 5.59. The highest BCUT2D eigenvalue weighted by atomic mass is 19.4. The second kappa shape index (κ2) is 6.73. The SMILES string of the molecule is CCCCCC(NC)c1ccc(C(F)(F)F)cn1. The van der Waals surface area contributed by atoms with Gasteiger partial charge < -0.3 is 5.32 Å². The van der Waals surface area contributed by atoms with Gasteiger partial charge in [-0.1, -0.05) is 26.2 Å². The van der Waals surface area contributed by atoms with Crippen LogP contribution in [0.4, 0.5) is 13.2 Å². The summed E-state index contributed by atoms with van der Waals surface area (Å²) in [6.07, 6.45) is 0.769. The summed E-state index contributed by atoms with van der Waals surface area (Å²) in [6.45, 7) is 2.12. The van der Waals surface area contributed by atoms with Crippen molar-refractivity contribution in [1.29, 1.82) is 0 Å². The first-order valence-corrected chi connectivity index (χ1v) is 6.19. The molecule has 1 rings (SSSR count). The molecule has 0 aliphatic heterocycles. The van der Waals surface area contributed by atoms with E-state index in [0.29, 0.717) is 5.69 Å². The van der Waals surface area contributed by atoms with Crippen molar-refractivity contribution in [3.63, 3.8) is 0 Å². The smallest absolute Gasteiger partial charge is 0.312 e. The average molecular weight is 260 g/mol. The number of rotatable bonds is 6. The van der Waals surface area contributed by atoms with E-state index in [9.17, 15) is 13.2 Å². The zero-order valence-electron chi connectivity index (χ0n) is 10.7. The van der Waals surface area contributed by atoms with Crippen molar-refractivity contribution < 1.29 is 13.2 Å². The molecule has 0 aromatic carbocycles. The fourth-order valence-corrected chi connectivity index (χ4v) is 1.82. The van der Waals surface area contributed by atoms with Gasteiger partial charge in [-0.15, -0.1) is 0 Å². The molecule has 0 bridgehead atoms. The van der Waals surface area contributed by atoms with Crippen molar-refractivity contribution in [3.05, 3.63) is 29.6 Å². The number of hydrogen-bond donors (Lipinski definition) is 1. The predicted molar refractivity (Wildman–Crippen MR) is 65.2 cm³/mol. The lowest BCUT2D eigenvalue weighted by Gasteiger charge is -2.16. The van der Waals surface area contributed by atoms with E-state index in [4.69, 9.17) is 0 Å². The standard InChI is InChI=1S/C13H19F3N2/c1-3-4-5-6-11(17-2)12-8-7-10(9-18-12)13(14,15)16/h7-9,11,17H,3-6H2,1-2H3. The van der Waals surface area contributed by atoms with Crippen LogP contribution in [0.25, 0.3) is 0 Å². The van der Waals surface area contributed by atoms with Crippen LogP contribution in [0.5, 0.6) is 0 Å². The molecule has 0 saturated heterocycles. The topological polar surface area (TPSA) is 24.9 Å². The van der Waals surface area contributed by atoms with Crippen molar-refractivity contribution in [2.45, 2.75) is 44.8 Å². The predicted octanol–water partition coefficient (Wildman–Crippen LogP) is 3.94. The van der Waals surface area contributed by atoms with Gasteiger partial charge in [-0.25, -0.2) is 0 Å². The summed E-state index contributed by atoms with van der Waals surface area (Å²) in [4.78, 5) is 3.91. The van der Waals surface area contributed by atoms with Gasteiger partial charge in [0.05, 0.1) is 11.3 Å². The maximum Gasteiger partial charge on any atom is 0.417 e. The van der Waals surface area contributed by atoms with E-state index in [2.05, 4.69) is 17.2 Å². The number of alkyl halides is 3.